The van der Waals surface area contributed by atoms with Gasteiger partial charge in [-0.2, -0.15) is 0 Å². The van der Waals surface area contributed by atoms with Crippen LogP contribution in [-0.2, 0) is 4.79 Å². The third-order valence-electron chi connectivity index (χ3n) is 2.40. The molecule has 5 nitrogen and oxygen atoms in total. The number of rotatable bonds is 4. The highest BCUT2D eigenvalue weighted by molar-refractivity contribution is 5.95. The van der Waals surface area contributed by atoms with Crippen molar-refractivity contribution in [1.82, 2.24) is 5.32 Å². The minimum Gasteiger partial charge on any atom is -0.454 e. The summed E-state index contributed by atoms with van der Waals surface area (Å²) in [6.07, 6.45) is 0.344. The first-order valence-corrected chi connectivity index (χ1v) is 5.34. The van der Waals surface area contributed by atoms with Crippen molar-refractivity contribution in [3.8, 4) is 11.5 Å². The number of carbonyl (C=O) groups is 2. The van der Waals surface area contributed by atoms with Gasteiger partial charge in [0.05, 0.1) is 0 Å². The molecule has 17 heavy (non-hydrogen) atoms. The average Bonchev–Trinajstić information content (AvgIpc) is 2.75. The Bertz CT molecular complexity index is 456. The van der Waals surface area contributed by atoms with E-state index in [1.165, 1.54) is 6.92 Å². The smallest absolute Gasteiger partial charge is 0.251 e. The van der Waals surface area contributed by atoms with Gasteiger partial charge in [0.1, 0.15) is 5.78 Å². The second-order valence-corrected chi connectivity index (χ2v) is 3.78. The molecule has 1 aromatic carbocycles. The number of Topliss-reactive ketones (excluding diaryl/α,β-unsaturated/α-hetero) is 1. The number of benzene rings is 1. The van der Waals surface area contributed by atoms with Gasteiger partial charge in [0, 0.05) is 18.5 Å². The Morgan fingerprint density at radius 1 is 1.29 bits per heavy atom. The van der Waals surface area contributed by atoms with Crippen LogP contribution < -0.4 is 14.8 Å². The Balaban J connectivity index is 1.97. The van der Waals surface area contributed by atoms with E-state index in [9.17, 15) is 9.59 Å². The normalized spacial score (nSPS) is 12.3. The van der Waals surface area contributed by atoms with Gasteiger partial charge in [0.2, 0.25) is 6.79 Å². The maximum Gasteiger partial charge on any atom is 0.251 e. The fraction of sp³-hybridized carbons (Fsp3) is 0.333. The van der Waals surface area contributed by atoms with E-state index in [-0.39, 0.29) is 18.5 Å². The molecule has 0 atom stereocenters. The summed E-state index contributed by atoms with van der Waals surface area (Å²) in [4.78, 5) is 22.4. The summed E-state index contributed by atoms with van der Waals surface area (Å²) in [5.41, 5.74) is 0.498. The van der Waals surface area contributed by atoms with Gasteiger partial charge in [-0.1, -0.05) is 0 Å². The van der Waals surface area contributed by atoms with E-state index >= 15 is 0 Å². The van der Waals surface area contributed by atoms with E-state index in [4.69, 9.17) is 9.47 Å². The number of fused-ring (bicyclic) bond motifs is 1. The number of hydrogen-bond donors (Lipinski definition) is 1. The van der Waals surface area contributed by atoms with E-state index in [1.54, 1.807) is 18.2 Å². The molecule has 1 aliphatic heterocycles. The van der Waals surface area contributed by atoms with Crippen molar-refractivity contribution >= 4 is 11.7 Å². The molecule has 0 radical (unpaired) electrons. The van der Waals surface area contributed by atoms with Gasteiger partial charge in [-0.3, -0.25) is 9.59 Å². The highest BCUT2D eigenvalue weighted by Gasteiger charge is 2.15. The molecule has 1 aromatic rings. The first-order valence-electron chi connectivity index (χ1n) is 5.34. The molecular formula is C12H13NO4. The molecule has 1 N–H and O–H groups in total. The minimum absolute atomic E-state index is 0.0518. The Morgan fingerprint density at radius 3 is 2.82 bits per heavy atom. The molecule has 5 heteroatoms. The Hall–Kier alpha value is -2.04. The Labute approximate surface area is 98.7 Å². The highest BCUT2D eigenvalue weighted by atomic mass is 16.7. The molecule has 1 aliphatic rings. The van der Waals surface area contributed by atoms with Gasteiger partial charge in [-0.05, 0) is 25.1 Å². The minimum atomic E-state index is -0.218. The number of hydrogen-bond acceptors (Lipinski definition) is 4. The molecule has 0 aromatic heterocycles. The van der Waals surface area contributed by atoms with Crippen LogP contribution in [0.2, 0.25) is 0 Å². The van der Waals surface area contributed by atoms with Crippen LogP contribution in [0.25, 0.3) is 0 Å². The third-order valence-corrected chi connectivity index (χ3v) is 2.40. The molecule has 0 spiro atoms. The Kier molecular flexibility index (Phi) is 3.27. The standard InChI is InChI=1S/C12H13NO4/c1-8(14)4-5-13-12(15)9-2-3-10-11(6-9)17-7-16-10/h2-3,6H,4-5,7H2,1H3,(H,13,15). The van der Waals surface area contributed by atoms with Crippen LogP contribution in [0.3, 0.4) is 0 Å². The SMILES string of the molecule is CC(=O)CCNC(=O)c1ccc2c(c1)OCO2. The number of ketones is 1. The fourth-order valence-electron chi connectivity index (χ4n) is 1.49. The zero-order chi connectivity index (χ0) is 12.3. The van der Waals surface area contributed by atoms with Gasteiger partial charge in [-0.25, -0.2) is 0 Å². The van der Waals surface area contributed by atoms with Crippen molar-refractivity contribution < 1.29 is 19.1 Å². The molecule has 0 bridgehead atoms. The highest BCUT2D eigenvalue weighted by Crippen LogP contribution is 2.32. The van der Waals surface area contributed by atoms with E-state index < -0.39 is 0 Å². The van der Waals surface area contributed by atoms with Gasteiger partial charge in [0.25, 0.3) is 5.91 Å². The van der Waals surface area contributed by atoms with E-state index in [1.807, 2.05) is 0 Å². The second-order valence-electron chi connectivity index (χ2n) is 3.78. The molecule has 0 saturated carbocycles. The van der Waals surface area contributed by atoms with Crippen LogP contribution in [0.5, 0.6) is 11.5 Å². The summed E-state index contributed by atoms with van der Waals surface area (Å²) in [5.74, 6) is 1.05. The summed E-state index contributed by atoms with van der Waals surface area (Å²) in [5, 5.41) is 2.67. The summed E-state index contributed by atoms with van der Waals surface area (Å²) in [6, 6.07) is 4.99. The lowest BCUT2D eigenvalue weighted by Gasteiger charge is -2.04. The first-order chi connectivity index (χ1) is 8.16. The molecule has 2 rings (SSSR count). The van der Waals surface area contributed by atoms with Crippen LogP contribution in [0.15, 0.2) is 18.2 Å². The predicted molar refractivity (Wildman–Crippen MR) is 60.2 cm³/mol. The second kappa shape index (κ2) is 4.86. The predicted octanol–water partition coefficient (Wildman–Crippen LogP) is 1.12. The molecule has 0 aliphatic carbocycles. The summed E-state index contributed by atoms with van der Waals surface area (Å²) >= 11 is 0. The van der Waals surface area contributed by atoms with E-state index in [2.05, 4.69) is 5.32 Å². The van der Waals surface area contributed by atoms with Crippen LogP contribution in [0.4, 0.5) is 0 Å². The van der Waals surface area contributed by atoms with E-state index in [0.29, 0.717) is 30.0 Å². The van der Waals surface area contributed by atoms with Gasteiger partial charge >= 0.3 is 0 Å². The molecule has 1 amide bonds. The Morgan fingerprint density at radius 2 is 2.06 bits per heavy atom. The van der Waals surface area contributed by atoms with Crippen molar-refractivity contribution in [1.29, 1.82) is 0 Å². The van der Waals surface area contributed by atoms with Gasteiger partial charge in [0.15, 0.2) is 11.5 Å². The van der Waals surface area contributed by atoms with Crippen molar-refractivity contribution in [3.63, 3.8) is 0 Å². The maximum atomic E-state index is 11.7. The average molecular weight is 235 g/mol. The quantitative estimate of drug-likeness (QED) is 0.849. The number of ether oxygens (including phenoxy) is 2. The lowest BCUT2D eigenvalue weighted by molar-refractivity contribution is -0.116. The van der Waals surface area contributed by atoms with Crippen molar-refractivity contribution in [2.75, 3.05) is 13.3 Å². The monoisotopic (exact) mass is 235 g/mol. The summed E-state index contributed by atoms with van der Waals surface area (Å²) in [6.45, 7) is 2.03. The lowest BCUT2D eigenvalue weighted by atomic mass is 10.2. The van der Waals surface area contributed by atoms with Crippen LogP contribution in [0, 0.1) is 0 Å². The lowest BCUT2D eigenvalue weighted by Crippen LogP contribution is -2.25. The first kappa shape index (κ1) is 11.4. The third kappa shape index (κ3) is 2.75. The molecular weight excluding hydrogens is 222 g/mol. The van der Waals surface area contributed by atoms with Crippen LogP contribution in [-0.4, -0.2) is 25.0 Å². The van der Waals surface area contributed by atoms with Crippen LogP contribution >= 0.6 is 0 Å². The molecule has 0 fully saturated rings. The molecule has 90 valence electrons. The number of nitrogens with one attached hydrogen (secondary N) is 1. The molecule has 0 unspecified atom stereocenters. The number of carbonyl (C=O) groups excluding carboxylic acids is 2. The molecule has 0 saturated heterocycles. The van der Waals surface area contributed by atoms with Crippen molar-refractivity contribution in [2.24, 2.45) is 0 Å². The van der Waals surface area contributed by atoms with Crippen LogP contribution in [0.1, 0.15) is 23.7 Å². The van der Waals surface area contributed by atoms with Gasteiger partial charge < -0.3 is 14.8 Å². The summed E-state index contributed by atoms with van der Waals surface area (Å²) in [7, 11) is 0. The number of amides is 1. The van der Waals surface area contributed by atoms with Crippen molar-refractivity contribution in [2.45, 2.75) is 13.3 Å². The maximum absolute atomic E-state index is 11.7. The van der Waals surface area contributed by atoms with E-state index in [0.717, 1.165) is 0 Å². The zero-order valence-corrected chi connectivity index (χ0v) is 9.49. The summed E-state index contributed by atoms with van der Waals surface area (Å²) < 4.78 is 10.3. The molecule has 1 heterocycles. The van der Waals surface area contributed by atoms with Gasteiger partial charge in [-0.15, -0.1) is 0 Å². The largest absolute Gasteiger partial charge is 0.454 e. The van der Waals surface area contributed by atoms with Crippen molar-refractivity contribution in [3.05, 3.63) is 23.8 Å². The topological polar surface area (TPSA) is 64.6 Å². The fourth-order valence-corrected chi connectivity index (χ4v) is 1.49. The zero-order valence-electron chi connectivity index (χ0n) is 9.49.